The number of thiophene rings is 1. The van der Waals surface area contributed by atoms with Crippen molar-refractivity contribution in [3.05, 3.63) is 52.2 Å². The van der Waals surface area contributed by atoms with Gasteiger partial charge >= 0.3 is 5.97 Å². The van der Waals surface area contributed by atoms with Crippen LogP contribution in [0.5, 0.6) is 0 Å². The normalized spacial score (nSPS) is 19.5. The minimum absolute atomic E-state index is 0.0705. The SMILES string of the molecule is COC(=O)[C@H](CCC(=O)N1CCN(Cc2cccs2)CC1)NC(=O)[C@@H]1CCCN1S(=O)(=O)c1ccc(C)cc1. The molecule has 2 aliphatic heterocycles. The lowest BCUT2D eigenvalue weighted by atomic mass is 10.1. The predicted octanol–water partition coefficient (Wildman–Crippen LogP) is 1.99. The van der Waals surface area contributed by atoms with Gasteiger partial charge in [-0.3, -0.25) is 14.5 Å². The lowest BCUT2D eigenvalue weighted by molar-refractivity contribution is -0.146. The van der Waals surface area contributed by atoms with E-state index in [1.54, 1.807) is 28.4 Å². The molecule has 2 fully saturated rings. The van der Waals surface area contributed by atoms with Gasteiger partial charge < -0.3 is 15.0 Å². The van der Waals surface area contributed by atoms with E-state index in [-0.39, 0.29) is 30.2 Å². The molecule has 0 bridgehead atoms. The van der Waals surface area contributed by atoms with Crippen molar-refractivity contribution in [3.63, 3.8) is 0 Å². The summed E-state index contributed by atoms with van der Waals surface area (Å²) < 4.78 is 32.6. The van der Waals surface area contributed by atoms with Gasteiger partial charge in [0.2, 0.25) is 21.8 Å². The number of amides is 2. The van der Waals surface area contributed by atoms with Crippen molar-refractivity contribution in [2.45, 2.75) is 56.1 Å². The quantitative estimate of drug-likeness (QED) is 0.430. The van der Waals surface area contributed by atoms with Crippen LogP contribution in [0, 0.1) is 6.92 Å². The summed E-state index contributed by atoms with van der Waals surface area (Å²) in [6, 6.07) is 8.64. The molecule has 1 aromatic carbocycles. The zero-order valence-corrected chi connectivity index (χ0v) is 24.0. The number of sulfonamides is 1. The van der Waals surface area contributed by atoms with Crippen LogP contribution in [0.15, 0.2) is 46.7 Å². The fourth-order valence-electron chi connectivity index (χ4n) is 5.00. The van der Waals surface area contributed by atoms with Crippen LogP contribution in [-0.4, -0.2) is 92.2 Å². The van der Waals surface area contributed by atoms with E-state index in [0.717, 1.165) is 25.2 Å². The largest absolute Gasteiger partial charge is 0.467 e. The third-order valence-corrected chi connectivity index (χ3v) is 10.1. The maximum Gasteiger partial charge on any atom is 0.328 e. The van der Waals surface area contributed by atoms with Crippen molar-refractivity contribution in [1.82, 2.24) is 19.4 Å². The van der Waals surface area contributed by atoms with Crippen molar-refractivity contribution in [1.29, 1.82) is 0 Å². The van der Waals surface area contributed by atoms with E-state index >= 15 is 0 Å². The summed E-state index contributed by atoms with van der Waals surface area (Å²) in [5, 5.41) is 4.72. The molecule has 2 amide bonds. The topological polar surface area (TPSA) is 116 Å². The Labute approximate surface area is 234 Å². The van der Waals surface area contributed by atoms with Crippen molar-refractivity contribution >= 4 is 39.1 Å². The Morgan fingerprint density at radius 3 is 2.44 bits per heavy atom. The van der Waals surface area contributed by atoms with Crippen LogP contribution in [0.3, 0.4) is 0 Å². The summed E-state index contributed by atoms with van der Waals surface area (Å²) >= 11 is 1.72. The average Bonchev–Trinajstić information content (AvgIpc) is 3.64. The molecule has 0 unspecified atom stereocenters. The zero-order valence-electron chi connectivity index (χ0n) is 22.4. The Balaban J connectivity index is 1.32. The number of hydrogen-bond acceptors (Lipinski definition) is 8. The van der Waals surface area contributed by atoms with Gasteiger partial charge in [-0.1, -0.05) is 23.8 Å². The number of methoxy groups -OCH3 is 1. The Morgan fingerprint density at radius 2 is 1.79 bits per heavy atom. The van der Waals surface area contributed by atoms with Gasteiger partial charge in [-0.15, -0.1) is 11.3 Å². The average molecular weight is 577 g/mol. The first-order valence-electron chi connectivity index (χ1n) is 13.2. The van der Waals surface area contributed by atoms with Crippen LogP contribution in [-0.2, 0) is 35.7 Å². The summed E-state index contributed by atoms with van der Waals surface area (Å²) in [4.78, 5) is 44.1. The number of esters is 1. The minimum atomic E-state index is -3.88. The summed E-state index contributed by atoms with van der Waals surface area (Å²) in [5.74, 6) is -1.31. The Kier molecular flexibility index (Phi) is 9.76. The molecule has 0 saturated carbocycles. The molecule has 2 saturated heterocycles. The molecule has 2 atom stereocenters. The highest BCUT2D eigenvalue weighted by Gasteiger charge is 2.40. The van der Waals surface area contributed by atoms with E-state index in [1.807, 2.05) is 13.0 Å². The molecule has 1 aromatic heterocycles. The van der Waals surface area contributed by atoms with E-state index in [9.17, 15) is 22.8 Å². The van der Waals surface area contributed by atoms with Gasteiger partial charge in [0.25, 0.3) is 0 Å². The number of nitrogens with one attached hydrogen (secondary N) is 1. The molecular formula is C27H36N4O6S2. The van der Waals surface area contributed by atoms with E-state index in [1.165, 1.54) is 28.4 Å². The van der Waals surface area contributed by atoms with Crippen LogP contribution >= 0.6 is 11.3 Å². The molecule has 0 radical (unpaired) electrons. The molecular weight excluding hydrogens is 540 g/mol. The van der Waals surface area contributed by atoms with E-state index in [0.29, 0.717) is 25.9 Å². The van der Waals surface area contributed by atoms with Crippen molar-refractivity contribution in [3.8, 4) is 0 Å². The first-order chi connectivity index (χ1) is 18.7. The van der Waals surface area contributed by atoms with Gasteiger partial charge in [0.15, 0.2) is 0 Å². The van der Waals surface area contributed by atoms with Crippen LogP contribution < -0.4 is 5.32 Å². The third kappa shape index (κ3) is 7.24. The molecule has 3 heterocycles. The van der Waals surface area contributed by atoms with Gasteiger partial charge in [-0.2, -0.15) is 4.31 Å². The second-order valence-electron chi connectivity index (χ2n) is 9.95. The fourth-order valence-corrected chi connectivity index (χ4v) is 7.40. The number of rotatable bonds is 10. The zero-order chi connectivity index (χ0) is 28.0. The Morgan fingerprint density at radius 1 is 1.08 bits per heavy atom. The minimum Gasteiger partial charge on any atom is -0.467 e. The van der Waals surface area contributed by atoms with E-state index in [4.69, 9.17) is 4.74 Å². The summed E-state index contributed by atoms with van der Waals surface area (Å²) in [5.41, 5.74) is 0.931. The van der Waals surface area contributed by atoms with Gasteiger partial charge in [-0.25, -0.2) is 13.2 Å². The van der Waals surface area contributed by atoms with Gasteiger partial charge in [-0.05, 0) is 49.8 Å². The van der Waals surface area contributed by atoms with E-state index in [2.05, 4.69) is 21.7 Å². The lowest BCUT2D eigenvalue weighted by Crippen LogP contribution is -2.51. The molecule has 2 aliphatic rings. The highest BCUT2D eigenvalue weighted by atomic mass is 32.2. The summed E-state index contributed by atoms with van der Waals surface area (Å²) in [7, 11) is -2.66. The van der Waals surface area contributed by atoms with Crippen molar-refractivity contribution in [2.75, 3.05) is 39.8 Å². The third-order valence-electron chi connectivity index (χ3n) is 7.27. The monoisotopic (exact) mass is 576 g/mol. The van der Waals surface area contributed by atoms with Crippen LogP contribution in [0.1, 0.15) is 36.1 Å². The van der Waals surface area contributed by atoms with Crippen molar-refractivity contribution in [2.24, 2.45) is 0 Å². The van der Waals surface area contributed by atoms with Crippen molar-refractivity contribution < 1.29 is 27.5 Å². The molecule has 10 nitrogen and oxygen atoms in total. The number of hydrogen-bond donors (Lipinski definition) is 1. The number of aryl methyl sites for hydroxylation is 1. The van der Waals surface area contributed by atoms with Crippen LogP contribution in [0.4, 0.5) is 0 Å². The maximum atomic E-state index is 13.2. The highest BCUT2D eigenvalue weighted by Crippen LogP contribution is 2.27. The van der Waals surface area contributed by atoms with Crippen LogP contribution in [0.25, 0.3) is 0 Å². The predicted molar refractivity (Wildman–Crippen MR) is 147 cm³/mol. The maximum absolute atomic E-state index is 13.2. The molecule has 212 valence electrons. The number of carbonyl (C=O) groups excluding carboxylic acids is 3. The summed E-state index contributed by atoms with van der Waals surface area (Å²) in [6.45, 7) is 5.71. The standard InChI is InChI=1S/C27H36N4O6S2/c1-20-7-9-22(10-8-20)39(35,36)31-13-3-6-24(31)26(33)28-23(27(34)37-2)11-12-25(32)30-16-14-29(15-17-30)19-21-5-4-18-38-21/h4-5,7-10,18,23-24H,3,6,11-17,19H2,1-2H3,(H,28,33)/t23-,24-/m0/s1. The van der Waals surface area contributed by atoms with Gasteiger partial charge in [0.05, 0.1) is 12.0 Å². The molecule has 4 rings (SSSR count). The van der Waals surface area contributed by atoms with Crippen LogP contribution in [0.2, 0.25) is 0 Å². The highest BCUT2D eigenvalue weighted by molar-refractivity contribution is 7.89. The molecule has 1 N–H and O–H groups in total. The molecule has 12 heteroatoms. The molecule has 2 aromatic rings. The number of ether oxygens (including phenoxy) is 1. The molecule has 0 aliphatic carbocycles. The number of nitrogens with zero attached hydrogens (tertiary/aromatic N) is 3. The van der Waals surface area contributed by atoms with Gasteiger partial charge in [0, 0.05) is 50.6 Å². The number of piperazine rings is 1. The first kappa shape index (κ1) is 29.2. The molecule has 0 spiro atoms. The number of carbonyl (C=O) groups is 3. The Hall–Kier alpha value is -2.80. The lowest BCUT2D eigenvalue weighted by Gasteiger charge is -2.34. The smallest absolute Gasteiger partial charge is 0.328 e. The fraction of sp³-hybridized carbons (Fsp3) is 0.519. The second-order valence-corrected chi connectivity index (χ2v) is 12.9. The van der Waals surface area contributed by atoms with Gasteiger partial charge in [0.1, 0.15) is 12.1 Å². The number of benzene rings is 1. The summed E-state index contributed by atoms with van der Waals surface area (Å²) in [6.07, 6.45) is 1.02. The Bertz CT molecular complexity index is 1240. The van der Waals surface area contributed by atoms with E-state index < -0.39 is 34.0 Å². The first-order valence-corrected chi connectivity index (χ1v) is 15.5. The molecule has 39 heavy (non-hydrogen) atoms. The second kappa shape index (κ2) is 13.0.